The van der Waals surface area contributed by atoms with Gasteiger partial charge in [-0.05, 0) is 6.92 Å². The minimum absolute atomic E-state index is 0.344. The van der Waals surface area contributed by atoms with Crippen molar-refractivity contribution in [1.82, 2.24) is 9.97 Å². The Kier molecular flexibility index (Phi) is 2.93. The second-order valence-corrected chi connectivity index (χ2v) is 2.46. The van der Waals surface area contributed by atoms with E-state index >= 15 is 0 Å². The van der Waals surface area contributed by atoms with E-state index < -0.39 is 12.1 Å². The van der Waals surface area contributed by atoms with Crippen LogP contribution in [0.3, 0.4) is 0 Å². The topological polar surface area (TPSA) is 58.0 Å². The molecule has 5 heteroatoms. The molecule has 1 heterocycles. The van der Waals surface area contributed by atoms with E-state index in [4.69, 9.17) is 5.11 Å². The number of anilines is 1. The van der Waals surface area contributed by atoms with E-state index in [0.29, 0.717) is 12.4 Å². The maximum atomic E-state index is 12.4. The van der Waals surface area contributed by atoms with Gasteiger partial charge in [0.25, 0.3) is 0 Å². The number of hydrogen-bond acceptors (Lipinski definition) is 4. The zero-order chi connectivity index (χ0) is 8.97. The largest absolute Gasteiger partial charge is 0.392 e. The molecular formula is C7H10FN3O. The highest BCUT2D eigenvalue weighted by Gasteiger charge is 1.98. The van der Waals surface area contributed by atoms with Crippen molar-refractivity contribution in [2.75, 3.05) is 11.9 Å². The monoisotopic (exact) mass is 171 g/mol. The summed E-state index contributed by atoms with van der Waals surface area (Å²) in [5.41, 5.74) is 0. The lowest BCUT2D eigenvalue weighted by Gasteiger charge is -2.06. The van der Waals surface area contributed by atoms with Crippen molar-refractivity contribution >= 4 is 5.82 Å². The van der Waals surface area contributed by atoms with E-state index in [1.807, 2.05) is 0 Å². The Hall–Kier alpha value is -1.23. The van der Waals surface area contributed by atoms with Gasteiger partial charge in [-0.2, -0.15) is 4.39 Å². The summed E-state index contributed by atoms with van der Waals surface area (Å²) in [7, 11) is 0. The third kappa shape index (κ3) is 2.79. The van der Waals surface area contributed by atoms with Crippen molar-refractivity contribution in [1.29, 1.82) is 0 Å². The molecule has 66 valence electrons. The first-order valence-electron chi connectivity index (χ1n) is 3.58. The number of hydrogen-bond donors (Lipinski definition) is 2. The van der Waals surface area contributed by atoms with Crippen LogP contribution < -0.4 is 5.32 Å². The van der Waals surface area contributed by atoms with Crippen molar-refractivity contribution in [3.8, 4) is 0 Å². The summed E-state index contributed by atoms with van der Waals surface area (Å²) in [6.07, 6.45) is 0.641. The molecule has 4 nitrogen and oxygen atoms in total. The Balaban J connectivity index is 2.52. The predicted octanol–water partition coefficient (Wildman–Crippen LogP) is 0.408. The number of nitrogens with zero attached hydrogens (tertiary/aromatic N) is 2. The third-order valence-corrected chi connectivity index (χ3v) is 1.21. The number of halogens is 1. The molecule has 0 bridgehead atoms. The molecule has 0 aliphatic rings. The molecule has 0 spiro atoms. The fourth-order valence-corrected chi connectivity index (χ4v) is 0.683. The maximum Gasteiger partial charge on any atom is 0.217 e. The van der Waals surface area contributed by atoms with Gasteiger partial charge in [-0.15, -0.1) is 0 Å². The SMILES string of the molecule is CC(O)CNc1cc(F)ncn1. The molecule has 0 fully saturated rings. The molecule has 0 radical (unpaired) electrons. The fraction of sp³-hybridized carbons (Fsp3) is 0.429. The molecule has 0 saturated heterocycles. The fourth-order valence-electron chi connectivity index (χ4n) is 0.683. The van der Waals surface area contributed by atoms with Crippen LogP contribution in [0, 0.1) is 5.95 Å². The molecule has 2 N–H and O–H groups in total. The molecule has 0 saturated carbocycles. The van der Waals surface area contributed by atoms with Crippen molar-refractivity contribution in [3.63, 3.8) is 0 Å². The molecule has 1 rings (SSSR count). The maximum absolute atomic E-state index is 12.4. The molecular weight excluding hydrogens is 161 g/mol. The normalized spacial score (nSPS) is 12.6. The summed E-state index contributed by atoms with van der Waals surface area (Å²) in [6, 6.07) is 1.17. The Bertz CT molecular complexity index is 254. The Morgan fingerprint density at radius 2 is 2.42 bits per heavy atom. The van der Waals surface area contributed by atoms with Gasteiger partial charge in [0.2, 0.25) is 5.95 Å². The summed E-state index contributed by atoms with van der Waals surface area (Å²) >= 11 is 0. The van der Waals surface area contributed by atoms with Crippen molar-refractivity contribution in [2.45, 2.75) is 13.0 Å². The lowest BCUT2D eigenvalue weighted by Crippen LogP contribution is -2.16. The Morgan fingerprint density at radius 1 is 1.67 bits per heavy atom. The number of nitrogens with one attached hydrogen (secondary N) is 1. The Labute approximate surface area is 69.5 Å². The van der Waals surface area contributed by atoms with Crippen LogP contribution >= 0.6 is 0 Å². The van der Waals surface area contributed by atoms with Gasteiger partial charge in [-0.25, -0.2) is 9.97 Å². The first kappa shape index (κ1) is 8.86. The molecule has 1 atom stereocenters. The van der Waals surface area contributed by atoms with Gasteiger partial charge in [-0.1, -0.05) is 0 Å². The van der Waals surface area contributed by atoms with Crippen molar-refractivity contribution in [3.05, 3.63) is 18.3 Å². The minimum atomic E-state index is -0.585. The first-order chi connectivity index (χ1) is 5.68. The standard InChI is InChI=1S/C7H10FN3O/c1-5(12)3-9-7-2-6(8)10-4-11-7/h2,4-5,12H,3H2,1H3,(H,9,10,11). The van der Waals surface area contributed by atoms with Crippen LogP contribution in [0.5, 0.6) is 0 Å². The van der Waals surface area contributed by atoms with Crippen LogP contribution in [-0.4, -0.2) is 27.7 Å². The van der Waals surface area contributed by atoms with Gasteiger partial charge in [-0.3, -0.25) is 0 Å². The second-order valence-electron chi connectivity index (χ2n) is 2.46. The average Bonchev–Trinajstić information content (AvgIpc) is 2.01. The third-order valence-electron chi connectivity index (χ3n) is 1.21. The van der Waals surface area contributed by atoms with E-state index in [9.17, 15) is 4.39 Å². The van der Waals surface area contributed by atoms with Gasteiger partial charge >= 0.3 is 0 Å². The first-order valence-corrected chi connectivity index (χ1v) is 3.58. The molecule has 1 aromatic heterocycles. The van der Waals surface area contributed by atoms with E-state index in [-0.39, 0.29) is 0 Å². The van der Waals surface area contributed by atoms with Crippen molar-refractivity contribution < 1.29 is 9.50 Å². The molecule has 0 amide bonds. The number of aliphatic hydroxyl groups is 1. The molecule has 12 heavy (non-hydrogen) atoms. The van der Waals surface area contributed by atoms with Crippen LogP contribution in [0.4, 0.5) is 10.2 Å². The lowest BCUT2D eigenvalue weighted by molar-refractivity contribution is 0.208. The highest BCUT2D eigenvalue weighted by molar-refractivity contribution is 5.31. The second kappa shape index (κ2) is 3.96. The van der Waals surface area contributed by atoms with Crippen LogP contribution in [0.15, 0.2) is 12.4 Å². The molecule has 1 aromatic rings. The quantitative estimate of drug-likeness (QED) is 0.646. The summed E-state index contributed by atoms with van der Waals surface area (Å²) in [4.78, 5) is 7.02. The average molecular weight is 171 g/mol. The summed E-state index contributed by atoms with van der Waals surface area (Å²) in [5.74, 6) is -0.207. The predicted molar refractivity (Wildman–Crippen MR) is 42.2 cm³/mol. The van der Waals surface area contributed by atoms with Gasteiger partial charge in [0.05, 0.1) is 6.10 Å². The molecule has 0 aromatic carbocycles. The lowest BCUT2D eigenvalue weighted by atomic mass is 10.4. The van der Waals surface area contributed by atoms with E-state index in [2.05, 4.69) is 15.3 Å². The molecule has 0 aliphatic carbocycles. The van der Waals surface area contributed by atoms with Crippen LogP contribution in [0.25, 0.3) is 0 Å². The van der Waals surface area contributed by atoms with E-state index in [1.54, 1.807) is 6.92 Å². The van der Waals surface area contributed by atoms with Gasteiger partial charge in [0, 0.05) is 12.6 Å². The number of rotatable bonds is 3. The Morgan fingerprint density at radius 3 is 3.00 bits per heavy atom. The van der Waals surface area contributed by atoms with Crippen molar-refractivity contribution in [2.24, 2.45) is 0 Å². The minimum Gasteiger partial charge on any atom is -0.392 e. The highest BCUT2D eigenvalue weighted by atomic mass is 19.1. The van der Waals surface area contributed by atoms with Crippen LogP contribution in [-0.2, 0) is 0 Å². The highest BCUT2D eigenvalue weighted by Crippen LogP contribution is 2.01. The molecule has 0 aliphatic heterocycles. The summed E-state index contributed by atoms with van der Waals surface area (Å²) in [5, 5.41) is 11.6. The number of aliphatic hydroxyl groups excluding tert-OH is 1. The van der Waals surface area contributed by atoms with E-state index in [1.165, 1.54) is 6.07 Å². The zero-order valence-corrected chi connectivity index (χ0v) is 6.66. The summed E-state index contributed by atoms with van der Waals surface area (Å²) < 4.78 is 12.4. The van der Waals surface area contributed by atoms with Gasteiger partial charge < -0.3 is 10.4 Å². The van der Waals surface area contributed by atoms with Gasteiger partial charge in [0.1, 0.15) is 12.1 Å². The number of aromatic nitrogens is 2. The van der Waals surface area contributed by atoms with Crippen LogP contribution in [0.1, 0.15) is 6.92 Å². The smallest absolute Gasteiger partial charge is 0.217 e. The zero-order valence-electron chi connectivity index (χ0n) is 6.66. The van der Waals surface area contributed by atoms with Gasteiger partial charge in [0.15, 0.2) is 0 Å². The molecule has 1 unspecified atom stereocenters. The summed E-state index contributed by atoms with van der Waals surface area (Å²) in [6.45, 7) is 1.97. The van der Waals surface area contributed by atoms with Crippen LogP contribution in [0.2, 0.25) is 0 Å². The van der Waals surface area contributed by atoms with E-state index in [0.717, 1.165) is 6.33 Å².